The van der Waals surface area contributed by atoms with E-state index in [0.717, 1.165) is 17.9 Å². The highest BCUT2D eigenvalue weighted by molar-refractivity contribution is 5.80. The lowest BCUT2D eigenvalue weighted by atomic mass is 9.93. The van der Waals surface area contributed by atoms with Crippen molar-refractivity contribution in [1.29, 1.82) is 0 Å². The third-order valence-corrected chi connectivity index (χ3v) is 8.43. The van der Waals surface area contributed by atoms with Crippen molar-refractivity contribution in [2.45, 2.75) is 20.8 Å². The smallest absolute Gasteiger partial charge is 0.0487 e. The first-order valence-corrected chi connectivity index (χ1v) is 15.7. The van der Waals surface area contributed by atoms with Gasteiger partial charge in [0, 0.05) is 17.9 Å². The fraction of sp³-hybridized carbons (Fsp3) is 0.0909. The normalized spacial score (nSPS) is 11.6. The molecule has 0 heterocycles. The van der Waals surface area contributed by atoms with Crippen molar-refractivity contribution in [3.63, 3.8) is 0 Å². The minimum atomic E-state index is 0.736. The summed E-state index contributed by atoms with van der Waals surface area (Å²) >= 11 is 0. The molecule has 0 radical (unpaired) electrons. The minimum absolute atomic E-state index is 0.736. The van der Waals surface area contributed by atoms with E-state index in [1.165, 1.54) is 55.6 Å². The van der Waals surface area contributed by atoms with Crippen LogP contribution in [0.2, 0.25) is 0 Å². The average molecular weight is 582 g/mol. The van der Waals surface area contributed by atoms with Crippen LogP contribution >= 0.6 is 0 Å². The summed E-state index contributed by atoms with van der Waals surface area (Å²) in [5.41, 5.74) is 14.8. The summed E-state index contributed by atoms with van der Waals surface area (Å²) < 4.78 is 0. The van der Waals surface area contributed by atoms with Crippen molar-refractivity contribution >= 4 is 16.9 Å². The Morgan fingerprint density at radius 1 is 0.511 bits per heavy atom. The third kappa shape index (κ3) is 6.89. The molecule has 6 aromatic carbocycles. The maximum Gasteiger partial charge on any atom is 0.0487 e. The molecule has 1 nitrogen and oxygen atoms in total. The van der Waals surface area contributed by atoms with E-state index < -0.39 is 0 Å². The molecule has 6 rings (SSSR count). The molecule has 0 bridgehead atoms. The maximum absolute atomic E-state index is 2.41. The molecule has 0 spiro atoms. The lowest BCUT2D eigenvalue weighted by Crippen LogP contribution is -2.19. The molecule has 0 aliphatic carbocycles. The second-order valence-electron chi connectivity index (χ2n) is 11.5. The molecule has 0 N–H and O–H groups in total. The Morgan fingerprint density at radius 3 is 1.64 bits per heavy atom. The summed E-state index contributed by atoms with van der Waals surface area (Å²) in [4.78, 5) is 2.41. The lowest BCUT2D eigenvalue weighted by molar-refractivity contribution is 1.11. The standard InChI is InChI=1S/C44H39N/c1-4-5-15-40(36-18-10-7-11-19-36)32-45(41-27-23-37(24-28-41)35-16-8-6-9-17-35)42-29-25-38(26-30-42)39-22-21-34(3)44(31-39)43-20-13-12-14-33(43)2/h4-31H,32H2,1-3H3/b5-4-,40-15+. The van der Waals surface area contributed by atoms with Crippen LogP contribution < -0.4 is 4.90 Å². The molecule has 0 amide bonds. The number of anilines is 2. The highest BCUT2D eigenvalue weighted by atomic mass is 15.1. The Balaban J connectivity index is 1.37. The molecule has 0 aliphatic rings. The van der Waals surface area contributed by atoms with E-state index in [2.05, 4.69) is 196 Å². The first-order valence-electron chi connectivity index (χ1n) is 15.7. The zero-order chi connectivity index (χ0) is 31.0. The van der Waals surface area contributed by atoms with Gasteiger partial charge in [0.25, 0.3) is 0 Å². The van der Waals surface area contributed by atoms with Crippen LogP contribution in [-0.2, 0) is 0 Å². The van der Waals surface area contributed by atoms with Gasteiger partial charge in [0.15, 0.2) is 0 Å². The van der Waals surface area contributed by atoms with E-state index >= 15 is 0 Å². The highest BCUT2D eigenvalue weighted by Crippen LogP contribution is 2.35. The summed E-state index contributed by atoms with van der Waals surface area (Å²) in [5, 5.41) is 0. The molecule has 45 heavy (non-hydrogen) atoms. The monoisotopic (exact) mass is 581 g/mol. The SMILES string of the molecule is C/C=C\C=C(/CN(c1ccc(-c2ccccc2)cc1)c1ccc(-c2ccc(C)c(-c3ccccc3C)c2)cc1)c1ccccc1. The Hall–Kier alpha value is -5.40. The zero-order valence-corrected chi connectivity index (χ0v) is 26.3. The number of nitrogens with zero attached hydrogens (tertiary/aromatic N) is 1. The largest absolute Gasteiger partial charge is 0.337 e. The highest BCUT2D eigenvalue weighted by Gasteiger charge is 2.15. The van der Waals surface area contributed by atoms with Gasteiger partial charge in [0.2, 0.25) is 0 Å². The lowest BCUT2D eigenvalue weighted by Gasteiger charge is -2.27. The van der Waals surface area contributed by atoms with Crippen molar-refractivity contribution in [3.8, 4) is 33.4 Å². The minimum Gasteiger partial charge on any atom is -0.337 e. The van der Waals surface area contributed by atoms with Crippen molar-refractivity contribution < 1.29 is 0 Å². The first kappa shape index (κ1) is 29.7. The Labute approximate surface area is 268 Å². The van der Waals surface area contributed by atoms with Gasteiger partial charge < -0.3 is 4.90 Å². The molecule has 0 atom stereocenters. The fourth-order valence-corrected chi connectivity index (χ4v) is 5.87. The molecule has 0 unspecified atom stereocenters. The molecule has 0 saturated carbocycles. The number of hydrogen-bond acceptors (Lipinski definition) is 1. The number of benzene rings is 6. The van der Waals surface area contributed by atoms with E-state index in [-0.39, 0.29) is 0 Å². The van der Waals surface area contributed by atoms with Gasteiger partial charge in [-0.05, 0) is 107 Å². The molecule has 0 saturated heterocycles. The van der Waals surface area contributed by atoms with Gasteiger partial charge in [-0.25, -0.2) is 0 Å². The van der Waals surface area contributed by atoms with Crippen molar-refractivity contribution in [1.82, 2.24) is 0 Å². The Morgan fingerprint density at radius 2 is 1.02 bits per heavy atom. The van der Waals surface area contributed by atoms with Gasteiger partial charge in [-0.15, -0.1) is 0 Å². The quantitative estimate of drug-likeness (QED) is 0.154. The van der Waals surface area contributed by atoms with Crippen molar-refractivity contribution in [3.05, 3.63) is 187 Å². The van der Waals surface area contributed by atoms with Crippen LogP contribution in [-0.4, -0.2) is 6.54 Å². The second kappa shape index (κ2) is 13.9. The molecule has 0 aliphatic heterocycles. The van der Waals surface area contributed by atoms with Crippen LogP contribution in [0.25, 0.3) is 39.0 Å². The van der Waals surface area contributed by atoms with Gasteiger partial charge in [-0.2, -0.15) is 0 Å². The van der Waals surface area contributed by atoms with E-state index in [0.29, 0.717) is 0 Å². The number of allylic oxidation sites excluding steroid dienone is 3. The first-order chi connectivity index (χ1) is 22.1. The van der Waals surface area contributed by atoms with Crippen LogP contribution in [0.5, 0.6) is 0 Å². The predicted molar refractivity (Wildman–Crippen MR) is 195 cm³/mol. The predicted octanol–water partition coefficient (Wildman–Crippen LogP) is 12.1. The summed E-state index contributed by atoms with van der Waals surface area (Å²) in [6.07, 6.45) is 6.45. The van der Waals surface area contributed by atoms with Gasteiger partial charge in [-0.3, -0.25) is 0 Å². The summed E-state index contributed by atoms with van der Waals surface area (Å²) in [6, 6.07) is 54.6. The third-order valence-electron chi connectivity index (χ3n) is 8.43. The van der Waals surface area contributed by atoms with E-state index in [9.17, 15) is 0 Å². The van der Waals surface area contributed by atoms with E-state index in [1.54, 1.807) is 0 Å². The maximum atomic E-state index is 2.41. The molecular formula is C44H39N. The van der Waals surface area contributed by atoms with Crippen LogP contribution in [0.15, 0.2) is 170 Å². The second-order valence-corrected chi connectivity index (χ2v) is 11.5. The Bertz CT molecular complexity index is 1910. The van der Waals surface area contributed by atoms with Crippen LogP contribution in [0.3, 0.4) is 0 Å². The van der Waals surface area contributed by atoms with E-state index in [1.807, 2.05) is 0 Å². The van der Waals surface area contributed by atoms with Crippen LogP contribution in [0.4, 0.5) is 11.4 Å². The molecule has 220 valence electrons. The van der Waals surface area contributed by atoms with Crippen LogP contribution in [0, 0.1) is 13.8 Å². The van der Waals surface area contributed by atoms with Gasteiger partial charge >= 0.3 is 0 Å². The zero-order valence-electron chi connectivity index (χ0n) is 26.3. The molecule has 6 aromatic rings. The van der Waals surface area contributed by atoms with Gasteiger partial charge in [0.1, 0.15) is 0 Å². The van der Waals surface area contributed by atoms with Gasteiger partial charge in [0.05, 0.1) is 0 Å². The molecule has 0 fully saturated rings. The topological polar surface area (TPSA) is 3.24 Å². The Kier molecular flexibility index (Phi) is 9.18. The van der Waals surface area contributed by atoms with E-state index in [4.69, 9.17) is 0 Å². The summed E-state index contributed by atoms with van der Waals surface area (Å²) in [6.45, 7) is 7.18. The van der Waals surface area contributed by atoms with Crippen LogP contribution in [0.1, 0.15) is 23.6 Å². The van der Waals surface area contributed by atoms with Gasteiger partial charge in [-0.1, -0.05) is 140 Å². The average Bonchev–Trinajstić information content (AvgIpc) is 3.10. The van der Waals surface area contributed by atoms with Crippen molar-refractivity contribution in [2.75, 3.05) is 11.4 Å². The summed E-state index contributed by atoms with van der Waals surface area (Å²) in [5.74, 6) is 0. The number of rotatable bonds is 9. The number of aryl methyl sites for hydroxylation is 2. The fourth-order valence-electron chi connectivity index (χ4n) is 5.87. The summed E-state index contributed by atoms with van der Waals surface area (Å²) in [7, 11) is 0. The molecule has 0 aromatic heterocycles. The molecule has 1 heteroatoms. The molecular weight excluding hydrogens is 542 g/mol. The van der Waals surface area contributed by atoms with Crippen molar-refractivity contribution in [2.24, 2.45) is 0 Å². The number of hydrogen-bond donors (Lipinski definition) is 0.